The van der Waals surface area contributed by atoms with Crippen LogP contribution < -0.4 is 0 Å². The predicted molar refractivity (Wildman–Crippen MR) is 73.3 cm³/mol. The van der Waals surface area contributed by atoms with Gasteiger partial charge in [-0.2, -0.15) is 5.26 Å². The number of hydrogen-bond acceptors (Lipinski definition) is 4. The zero-order chi connectivity index (χ0) is 13.0. The fourth-order valence-corrected chi connectivity index (χ4v) is 3.07. The number of hydrogen-bond donors (Lipinski definition) is 0. The van der Waals surface area contributed by atoms with Crippen molar-refractivity contribution >= 4 is 0 Å². The lowest BCUT2D eigenvalue weighted by Crippen LogP contribution is -2.45. The summed E-state index contributed by atoms with van der Waals surface area (Å²) < 4.78 is 0. The van der Waals surface area contributed by atoms with E-state index in [1.165, 1.54) is 32.5 Å². The monoisotopic (exact) mass is 250 g/mol. The zero-order valence-corrected chi connectivity index (χ0v) is 11.8. The number of rotatable bonds is 4. The molecule has 0 saturated carbocycles. The third-order valence-corrected chi connectivity index (χ3v) is 4.34. The van der Waals surface area contributed by atoms with Gasteiger partial charge in [0.1, 0.15) is 0 Å². The van der Waals surface area contributed by atoms with Crippen LogP contribution in [0.25, 0.3) is 0 Å². The molecule has 4 heteroatoms. The minimum absolute atomic E-state index is 0.289. The number of piperidine rings is 1. The third kappa shape index (κ3) is 3.68. The van der Waals surface area contributed by atoms with Crippen LogP contribution in [0.15, 0.2) is 0 Å². The minimum atomic E-state index is 0.289. The fourth-order valence-electron chi connectivity index (χ4n) is 3.07. The summed E-state index contributed by atoms with van der Waals surface area (Å²) in [7, 11) is 4.28. The molecule has 1 unspecified atom stereocenters. The molecule has 4 nitrogen and oxygen atoms in total. The Morgan fingerprint density at radius 1 is 1.17 bits per heavy atom. The lowest BCUT2D eigenvalue weighted by atomic mass is 10.0. The molecule has 0 radical (unpaired) electrons. The van der Waals surface area contributed by atoms with E-state index < -0.39 is 0 Å². The highest BCUT2D eigenvalue weighted by atomic mass is 15.2. The van der Waals surface area contributed by atoms with Crippen LogP contribution in [0.5, 0.6) is 0 Å². The van der Waals surface area contributed by atoms with E-state index in [0.29, 0.717) is 0 Å². The molecule has 1 atom stereocenters. The molecule has 0 aromatic carbocycles. The average Bonchev–Trinajstić information content (AvgIpc) is 2.85. The number of likely N-dealkylation sites (tertiary alicyclic amines) is 2. The van der Waals surface area contributed by atoms with Gasteiger partial charge >= 0.3 is 0 Å². The van der Waals surface area contributed by atoms with Gasteiger partial charge in [0, 0.05) is 25.7 Å². The molecule has 2 aliphatic heterocycles. The van der Waals surface area contributed by atoms with Gasteiger partial charge in [-0.05, 0) is 53.0 Å². The zero-order valence-electron chi connectivity index (χ0n) is 11.8. The van der Waals surface area contributed by atoms with Crippen LogP contribution in [-0.4, -0.2) is 74.1 Å². The smallest absolute Gasteiger partial charge is 0.0669 e. The molecule has 2 rings (SSSR count). The first kappa shape index (κ1) is 13.8. The van der Waals surface area contributed by atoms with Crippen molar-refractivity contribution in [3.8, 4) is 6.07 Å². The Hall–Kier alpha value is -0.630. The van der Waals surface area contributed by atoms with E-state index in [1.807, 2.05) is 0 Å². The molecule has 2 heterocycles. The van der Waals surface area contributed by atoms with Gasteiger partial charge in [-0.15, -0.1) is 0 Å². The van der Waals surface area contributed by atoms with Crippen LogP contribution in [0.3, 0.4) is 0 Å². The molecule has 2 saturated heterocycles. The normalized spacial score (nSPS) is 27.8. The van der Waals surface area contributed by atoms with Gasteiger partial charge in [-0.25, -0.2) is 0 Å². The van der Waals surface area contributed by atoms with Crippen molar-refractivity contribution in [2.24, 2.45) is 5.92 Å². The van der Waals surface area contributed by atoms with Gasteiger partial charge < -0.3 is 9.80 Å². The van der Waals surface area contributed by atoms with E-state index in [4.69, 9.17) is 5.26 Å². The molecule has 0 spiro atoms. The highest BCUT2D eigenvalue weighted by Gasteiger charge is 2.30. The number of likely N-dealkylation sites (N-methyl/N-ethyl adjacent to an activating group) is 1. The van der Waals surface area contributed by atoms with E-state index in [9.17, 15) is 0 Å². The summed E-state index contributed by atoms with van der Waals surface area (Å²) in [5, 5.41) is 8.96. The minimum Gasteiger partial charge on any atom is -0.308 e. The first-order chi connectivity index (χ1) is 8.69. The van der Waals surface area contributed by atoms with Crippen LogP contribution in [0, 0.1) is 17.2 Å². The van der Waals surface area contributed by atoms with Gasteiger partial charge in [0.25, 0.3) is 0 Å². The lowest BCUT2D eigenvalue weighted by molar-refractivity contribution is 0.120. The van der Waals surface area contributed by atoms with Gasteiger partial charge in [0.15, 0.2) is 0 Å². The van der Waals surface area contributed by atoms with Gasteiger partial charge in [0.05, 0.1) is 12.0 Å². The Labute approximate surface area is 111 Å². The fraction of sp³-hybridized carbons (Fsp3) is 0.929. The van der Waals surface area contributed by atoms with Crippen molar-refractivity contribution in [3.63, 3.8) is 0 Å². The first-order valence-corrected chi connectivity index (χ1v) is 7.20. The van der Waals surface area contributed by atoms with Gasteiger partial charge in [-0.1, -0.05) is 0 Å². The molecule has 0 N–H and O–H groups in total. The van der Waals surface area contributed by atoms with Crippen LogP contribution in [0.1, 0.15) is 19.3 Å². The molecule has 0 aliphatic carbocycles. The Bertz CT molecular complexity index is 289. The summed E-state index contributed by atoms with van der Waals surface area (Å²) >= 11 is 0. The maximum absolute atomic E-state index is 8.96. The van der Waals surface area contributed by atoms with Gasteiger partial charge in [-0.3, -0.25) is 4.90 Å². The van der Waals surface area contributed by atoms with Crippen molar-refractivity contribution in [1.29, 1.82) is 5.26 Å². The molecule has 2 aliphatic rings. The molecule has 0 aromatic heterocycles. The van der Waals surface area contributed by atoms with Crippen molar-refractivity contribution in [2.45, 2.75) is 25.3 Å². The third-order valence-electron chi connectivity index (χ3n) is 4.34. The van der Waals surface area contributed by atoms with E-state index in [0.717, 1.165) is 32.1 Å². The van der Waals surface area contributed by atoms with E-state index in [1.54, 1.807) is 0 Å². The molecule has 102 valence electrons. The number of nitriles is 1. The first-order valence-electron chi connectivity index (χ1n) is 7.20. The number of nitrogens with zero attached hydrogens (tertiary/aromatic N) is 4. The largest absolute Gasteiger partial charge is 0.308 e. The maximum atomic E-state index is 8.96. The molecule has 0 aromatic rings. The van der Waals surface area contributed by atoms with Crippen molar-refractivity contribution in [1.82, 2.24) is 14.7 Å². The van der Waals surface area contributed by atoms with Crippen LogP contribution in [-0.2, 0) is 0 Å². The van der Waals surface area contributed by atoms with Crippen molar-refractivity contribution in [3.05, 3.63) is 0 Å². The van der Waals surface area contributed by atoms with Crippen LogP contribution in [0.4, 0.5) is 0 Å². The van der Waals surface area contributed by atoms with Gasteiger partial charge in [0.2, 0.25) is 0 Å². The Morgan fingerprint density at radius 2 is 1.89 bits per heavy atom. The van der Waals surface area contributed by atoms with E-state index >= 15 is 0 Å². The second-order valence-electron chi connectivity index (χ2n) is 5.99. The topological polar surface area (TPSA) is 33.5 Å². The van der Waals surface area contributed by atoms with Crippen LogP contribution >= 0.6 is 0 Å². The highest BCUT2D eigenvalue weighted by Crippen LogP contribution is 2.23. The predicted octanol–water partition coefficient (Wildman–Crippen LogP) is 0.858. The Balaban J connectivity index is 1.69. The molecule has 0 bridgehead atoms. The standard InChI is InChI=1S/C14H26N4/c1-16(2)9-10-17-6-4-14(5-7-17)18-8-3-13(11-15)12-18/h13-14H,3-10,12H2,1-2H3. The summed E-state index contributed by atoms with van der Waals surface area (Å²) in [4.78, 5) is 7.38. The summed E-state index contributed by atoms with van der Waals surface area (Å²) in [6, 6.07) is 3.15. The summed E-state index contributed by atoms with van der Waals surface area (Å²) in [5.74, 6) is 0.289. The molecular weight excluding hydrogens is 224 g/mol. The molecular formula is C14H26N4. The second kappa shape index (κ2) is 6.51. The Kier molecular flexibility index (Phi) is 4.99. The molecule has 18 heavy (non-hydrogen) atoms. The summed E-state index contributed by atoms with van der Waals surface area (Å²) in [6.45, 7) is 6.96. The summed E-state index contributed by atoms with van der Waals surface area (Å²) in [5.41, 5.74) is 0. The van der Waals surface area contributed by atoms with Crippen molar-refractivity contribution < 1.29 is 0 Å². The van der Waals surface area contributed by atoms with E-state index in [-0.39, 0.29) is 5.92 Å². The Morgan fingerprint density at radius 3 is 2.44 bits per heavy atom. The summed E-state index contributed by atoms with van der Waals surface area (Å²) in [6.07, 6.45) is 3.65. The molecule has 2 fully saturated rings. The van der Waals surface area contributed by atoms with Crippen LogP contribution in [0.2, 0.25) is 0 Å². The van der Waals surface area contributed by atoms with Crippen molar-refractivity contribution in [2.75, 3.05) is 53.4 Å². The SMILES string of the molecule is CN(C)CCN1CCC(N2CCC(C#N)C2)CC1. The second-order valence-corrected chi connectivity index (χ2v) is 5.99. The average molecular weight is 250 g/mol. The lowest BCUT2D eigenvalue weighted by Gasteiger charge is -2.37. The molecule has 0 amide bonds. The quantitative estimate of drug-likeness (QED) is 0.741. The highest BCUT2D eigenvalue weighted by molar-refractivity contribution is 4.93. The van der Waals surface area contributed by atoms with E-state index in [2.05, 4.69) is 34.9 Å². The maximum Gasteiger partial charge on any atom is 0.0669 e.